The summed E-state index contributed by atoms with van der Waals surface area (Å²) in [6.45, 7) is 2.32. The highest BCUT2D eigenvalue weighted by Gasteiger charge is 2.12. The van der Waals surface area contributed by atoms with Gasteiger partial charge in [0.15, 0.2) is 5.82 Å². The van der Waals surface area contributed by atoms with Crippen molar-refractivity contribution >= 4 is 17.2 Å². The predicted octanol–water partition coefficient (Wildman–Crippen LogP) is 0.264. The van der Waals surface area contributed by atoms with E-state index in [0.717, 1.165) is 5.01 Å². The fourth-order valence-corrected chi connectivity index (χ4v) is 2.24. The summed E-state index contributed by atoms with van der Waals surface area (Å²) >= 11 is 1.39. The Morgan fingerprint density at radius 2 is 2.42 bits per heavy atom. The molecule has 0 saturated carbocycles. The Hall–Kier alpha value is -1.80. The molecule has 0 saturated heterocycles. The van der Waals surface area contributed by atoms with Gasteiger partial charge in [0.2, 0.25) is 0 Å². The Kier molecular flexibility index (Phi) is 4.23. The summed E-state index contributed by atoms with van der Waals surface area (Å²) in [4.78, 5) is 20.1. The lowest BCUT2D eigenvalue weighted by Crippen LogP contribution is -2.26. The number of nitrogens with one attached hydrogen (secondary N) is 1. The van der Waals surface area contributed by atoms with Crippen molar-refractivity contribution in [3.05, 3.63) is 28.2 Å². The summed E-state index contributed by atoms with van der Waals surface area (Å²) in [5.41, 5.74) is 6.11. The lowest BCUT2D eigenvalue weighted by molar-refractivity contribution is 0.0949. The first-order valence-electron chi connectivity index (χ1n) is 5.90. The first-order valence-corrected chi connectivity index (χ1v) is 6.78. The highest BCUT2D eigenvalue weighted by molar-refractivity contribution is 7.09. The molecule has 0 aromatic carbocycles. The van der Waals surface area contributed by atoms with Gasteiger partial charge in [-0.2, -0.15) is 5.10 Å². The maximum atomic E-state index is 11.8. The summed E-state index contributed by atoms with van der Waals surface area (Å²) < 4.78 is 1.63. The van der Waals surface area contributed by atoms with Gasteiger partial charge in [-0.05, 0) is 6.92 Å². The average Bonchev–Trinajstić information content (AvgIpc) is 2.98. The molecule has 2 heterocycles. The monoisotopic (exact) mass is 280 g/mol. The Bertz CT molecular complexity index is 561. The normalized spacial score (nSPS) is 12.4. The molecule has 1 amide bonds. The van der Waals surface area contributed by atoms with Gasteiger partial charge in [-0.3, -0.25) is 9.48 Å². The van der Waals surface area contributed by atoms with E-state index in [1.54, 1.807) is 23.4 Å². The van der Waals surface area contributed by atoms with Crippen LogP contribution in [0.5, 0.6) is 0 Å². The van der Waals surface area contributed by atoms with Gasteiger partial charge < -0.3 is 11.1 Å². The molecular formula is C11H16N6OS. The third kappa shape index (κ3) is 3.58. The van der Waals surface area contributed by atoms with Crippen molar-refractivity contribution in [1.82, 2.24) is 25.1 Å². The summed E-state index contributed by atoms with van der Waals surface area (Å²) in [6, 6.07) is -0.149. The smallest absolute Gasteiger partial charge is 0.270 e. The number of rotatable bonds is 5. The molecule has 2 aromatic rings. The van der Waals surface area contributed by atoms with Gasteiger partial charge in [-0.1, -0.05) is 0 Å². The molecule has 0 radical (unpaired) electrons. The van der Waals surface area contributed by atoms with Crippen LogP contribution in [0.3, 0.4) is 0 Å². The summed E-state index contributed by atoms with van der Waals surface area (Å²) in [5.74, 6) is 0.511. The van der Waals surface area contributed by atoms with E-state index in [0.29, 0.717) is 24.5 Å². The van der Waals surface area contributed by atoms with Crippen molar-refractivity contribution in [3.63, 3.8) is 0 Å². The lowest BCUT2D eigenvalue weighted by Gasteiger charge is -2.01. The van der Waals surface area contributed by atoms with E-state index in [4.69, 9.17) is 5.73 Å². The number of aromatic nitrogens is 4. The van der Waals surface area contributed by atoms with Crippen molar-refractivity contribution in [2.75, 3.05) is 6.54 Å². The number of carbonyl (C=O) groups excluding carboxylic acids is 1. The van der Waals surface area contributed by atoms with Crippen molar-refractivity contribution in [1.29, 1.82) is 0 Å². The molecule has 3 N–H and O–H groups in total. The Morgan fingerprint density at radius 3 is 3.00 bits per heavy atom. The quantitative estimate of drug-likeness (QED) is 0.818. The van der Waals surface area contributed by atoms with Gasteiger partial charge >= 0.3 is 0 Å². The van der Waals surface area contributed by atoms with Crippen molar-refractivity contribution < 1.29 is 4.79 Å². The second-order valence-corrected chi connectivity index (χ2v) is 5.09. The SMILES string of the molecule is CC(N)c1nc(C(=O)NCCc2ncn(C)n2)cs1. The highest BCUT2D eigenvalue weighted by Crippen LogP contribution is 2.15. The molecule has 102 valence electrons. The molecule has 2 rings (SSSR count). The Labute approximate surface area is 114 Å². The Balaban J connectivity index is 1.83. The third-order valence-corrected chi connectivity index (χ3v) is 3.47. The van der Waals surface area contributed by atoms with Crippen LogP contribution in [0.1, 0.15) is 34.3 Å². The van der Waals surface area contributed by atoms with Crippen LogP contribution in [0.15, 0.2) is 11.7 Å². The summed E-state index contributed by atoms with van der Waals surface area (Å²) in [6.07, 6.45) is 2.23. The van der Waals surface area contributed by atoms with E-state index in [-0.39, 0.29) is 11.9 Å². The molecule has 0 fully saturated rings. The van der Waals surface area contributed by atoms with Crippen LogP contribution in [0, 0.1) is 0 Å². The number of nitrogens with zero attached hydrogens (tertiary/aromatic N) is 4. The van der Waals surface area contributed by atoms with Crippen LogP contribution < -0.4 is 11.1 Å². The molecule has 1 atom stereocenters. The minimum Gasteiger partial charge on any atom is -0.350 e. The van der Waals surface area contributed by atoms with Gasteiger partial charge in [0.25, 0.3) is 5.91 Å². The molecule has 0 spiro atoms. The topological polar surface area (TPSA) is 98.7 Å². The average molecular weight is 280 g/mol. The van der Waals surface area contributed by atoms with Gasteiger partial charge in [-0.15, -0.1) is 11.3 Å². The van der Waals surface area contributed by atoms with E-state index in [1.165, 1.54) is 11.3 Å². The number of carbonyl (C=O) groups is 1. The third-order valence-electron chi connectivity index (χ3n) is 2.43. The second kappa shape index (κ2) is 5.89. The maximum Gasteiger partial charge on any atom is 0.270 e. The fraction of sp³-hybridized carbons (Fsp3) is 0.455. The summed E-state index contributed by atoms with van der Waals surface area (Å²) in [5, 5.41) is 9.39. The van der Waals surface area contributed by atoms with Gasteiger partial charge in [0, 0.05) is 25.4 Å². The number of nitrogens with two attached hydrogens (primary N) is 1. The number of hydrogen-bond donors (Lipinski definition) is 2. The van der Waals surface area contributed by atoms with Crippen molar-refractivity contribution in [2.24, 2.45) is 12.8 Å². The zero-order valence-corrected chi connectivity index (χ0v) is 11.6. The standard InChI is InChI=1S/C11H16N6OS/c1-7(12)11-15-8(5-19-11)10(18)13-4-3-9-14-6-17(2)16-9/h5-7H,3-4,12H2,1-2H3,(H,13,18). The fourth-order valence-electron chi connectivity index (χ4n) is 1.48. The van der Waals surface area contributed by atoms with E-state index in [2.05, 4.69) is 20.4 Å². The minimum absolute atomic E-state index is 0.149. The first kappa shape index (κ1) is 13.6. The van der Waals surface area contributed by atoms with E-state index < -0.39 is 0 Å². The molecule has 2 aromatic heterocycles. The van der Waals surface area contributed by atoms with Gasteiger partial charge in [0.05, 0.1) is 6.04 Å². The van der Waals surface area contributed by atoms with Crippen LogP contribution in [0.4, 0.5) is 0 Å². The molecule has 0 aliphatic heterocycles. The minimum atomic E-state index is -0.195. The molecule has 1 unspecified atom stereocenters. The molecule has 8 heteroatoms. The predicted molar refractivity (Wildman–Crippen MR) is 71.8 cm³/mol. The first-order chi connectivity index (χ1) is 9.06. The zero-order chi connectivity index (χ0) is 13.8. The van der Waals surface area contributed by atoms with Crippen LogP contribution in [-0.4, -0.2) is 32.2 Å². The van der Waals surface area contributed by atoms with Crippen LogP contribution >= 0.6 is 11.3 Å². The van der Waals surface area contributed by atoms with E-state index in [1.807, 2.05) is 6.92 Å². The maximum absolute atomic E-state index is 11.8. The summed E-state index contributed by atoms with van der Waals surface area (Å²) in [7, 11) is 1.81. The molecule has 0 bridgehead atoms. The van der Waals surface area contributed by atoms with Crippen LogP contribution in [-0.2, 0) is 13.5 Å². The molecule has 0 aliphatic carbocycles. The number of thiazole rings is 1. The van der Waals surface area contributed by atoms with Crippen LogP contribution in [0.2, 0.25) is 0 Å². The zero-order valence-electron chi connectivity index (χ0n) is 10.8. The van der Waals surface area contributed by atoms with E-state index in [9.17, 15) is 4.79 Å². The number of amides is 1. The molecule has 19 heavy (non-hydrogen) atoms. The number of aryl methyl sites for hydroxylation is 1. The molecular weight excluding hydrogens is 264 g/mol. The Morgan fingerprint density at radius 1 is 1.63 bits per heavy atom. The largest absolute Gasteiger partial charge is 0.350 e. The van der Waals surface area contributed by atoms with Gasteiger partial charge in [-0.25, -0.2) is 9.97 Å². The van der Waals surface area contributed by atoms with Crippen LogP contribution in [0.25, 0.3) is 0 Å². The van der Waals surface area contributed by atoms with Crippen molar-refractivity contribution in [3.8, 4) is 0 Å². The highest BCUT2D eigenvalue weighted by atomic mass is 32.1. The lowest BCUT2D eigenvalue weighted by atomic mass is 10.3. The van der Waals surface area contributed by atoms with Gasteiger partial charge in [0.1, 0.15) is 17.0 Å². The van der Waals surface area contributed by atoms with Crippen molar-refractivity contribution in [2.45, 2.75) is 19.4 Å². The van der Waals surface area contributed by atoms with E-state index >= 15 is 0 Å². The molecule has 0 aliphatic rings. The molecule has 7 nitrogen and oxygen atoms in total. The number of hydrogen-bond acceptors (Lipinski definition) is 6. The second-order valence-electron chi connectivity index (χ2n) is 4.20.